The summed E-state index contributed by atoms with van der Waals surface area (Å²) in [5.41, 5.74) is 1.80. The molecular formula is C17H27NO3S. The van der Waals surface area contributed by atoms with Gasteiger partial charge in [0.25, 0.3) is 0 Å². The Morgan fingerprint density at radius 3 is 1.95 bits per heavy atom. The Morgan fingerprint density at radius 1 is 1.05 bits per heavy atom. The summed E-state index contributed by atoms with van der Waals surface area (Å²) in [6.45, 7) is 11.0. The highest BCUT2D eigenvalue weighted by atomic mass is 32.2. The largest absolute Gasteiger partial charge is 0.325 e. The standard InChI is InChI=1S/C17H27NO3S/c1-7-12-22(20,21)17(5,6)15(19)18-14-10-8-13(9-11-14)16(2,3)4/h8-11H,7,12H2,1-6H3,(H,18,19). The minimum atomic E-state index is -3.47. The van der Waals surface area contributed by atoms with E-state index < -0.39 is 20.5 Å². The molecule has 0 saturated heterocycles. The molecule has 0 atom stereocenters. The first-order chi connectivity index (χ1) is 9.91. The van der Waals surface area contributed by atoms with Crippen molar-refractivity contribution in [1.82, 2.24) is 0 Å². The Balaban J connectivity index is 2.93. The van der Waals surface area contributed by atoms with Crippen molar-refractivity contribution in [3.05, 3.63) is 29.8 Å². The number of nitrogens with one attached hydrogen (secondary N) is 1. The molecule has 0 bridgehead atoms. The van der Waals surface area contributed by atoms with Gasteiger partial charge in [-0.1, -0.05) is 39.8 Å². The maximum atomic E-state index is 12.3. The van der Waals surface area contributed by atoms with Crippen LogP contribution in [0.4, 0.5) is 5.69 Å². The van der Waals surface area contributed by atoms with Crippen LogP contribution in [0.25, 0.3) is 0 Å². The Kier molecular flexibility index (Phi) is 5.44. The van der Waals surface area contributed by atoms with Gasteiger partial charge < -0.3 is 5.32 Å². The van der Waals surface area contributed by atoms with Crippen molar-refractivity contribution in [2.45, 2.75) is 58.1 Å². The predicted octanol–water partition coefficient (Wildman–Crippen LogP) is 3.53. The van der Waals surface area contributed by atoms with Crippen molar-refractivity contribution in [1.29, 1.82) is 0 Å². The van der Waals surface area contributed by atoms with E-state index in [-0.39, 0.29) is 11.2 Å². The fourth-order valence-electron chi connectivity index (χ4n) is 2.00. The van der Waals surface area contributed by atoms with Gasteiger partial charge >= 0.3 is 0 Å². The number of carbonyl (C=O) groups is 1. The molecule has 1 aromatic carbocycles. The minimum Gasteiger partial charge on any atom is -0.325 e. The summed E-state index contributed by atoms with van der Waals surface area (Å²) < 4.78 is 23.0. The maximum absolute atomic E-state index is 12.3. The van der Waals surface area contributed by atoms with E-state index in [2.05, 4.69) is 26.1 Å². The number of amides is 1. The zero-order valence-electron chi connectivity index (χ0n) is 14.4. The van der Waals surface area contributed by atoms with Gasteiger partial charge in [-0.3, -0.25) is 4.79 Å². The van der Waals surface area contributed by atoms with Gasteiger partial charge in [0.05, 0.1) is 5.75 Å². The van der Waals surface area contributed by atoms with E-state index in [1.807, 2.05) is 12.1 Å². The Hall–Kier alpha value is -1.36. The predicted molar refractivity (Wildman–Crippen MR) is 91.9 cm³/mol. The van der Waals surface area contributed by atoms with Gasteiger partial charge in [-0.2, -0.15) is 0 Å². The SMILES string of the molecule is CCCS(=O)(=O)C(C)(C)C(=O)Nc1ccc(C(C)(C)C)cc1. The Labute approximate surface area is 134 Å². The molecule has 0 spiro atoms. The third-order valence-electron chi connectivity index (χ3n) is 3.81. The molecule has 0 aliphatic rings. The van der Waals surface area contributed by atoms with E-state index in [1.165, 1.54) is 13.8 Å². The van der Waals surface area contributed by atoms with Crippen molar-refractivity contribution in [2.24, 2.45) is 0 Å². The van der Waals surface area contributed by atoms with Crippen LogP contribution in [0.3, 0.4) is 0 Å². The average molecular weight is 325 g/mol. The molecular weight excluding hydrogens is 298 g/mol. The fourth-order valence-corrected chi connectivity index (χ4v) is 3.38. The molecule has 22 heavy (non-hydrogen) atoms. The molecule has 1 N–H and O–H groups in total. The normalized spacial score (nSPS) is 13.0. The van der Waals surface area contributed by atoms with E-state index in [4.69, 9.17) is 0 Å². The number of carbonyl (C=O) groups excluding carboxylic acids is 1. The lowest BCUT2D eigenvalue weighted by Gasteiger charge is -2.24. The summed E-state index contributed by atoms with van der Waals surface area (Å²) in [6.07, 6.45) is 0.499. The molecule has 4 nitrogen and oxygen atoms in total. The van der Waals surface area contributed by atoms with Gasteiger partial charge in [0, 0.05) is 5.69 Å². The molecule has 0 unspecified atom stereocenters. The van der Waals surface area contributed by atoms with E-state index in [1.54, 1.807) is 19.1 Å². The van der Waals surface area contributed by atoms with Gasteiger partial charge in [0.2, 0.25) is 5.91 Å². The number of benzene rings is 1. The number of sulfone groups is 1. The lowest BCUT2D eigenvalue weighted by Crippen LogP contribution is -2.45. The summed E-state index contributed by atoms with van der Waals surface area (Å²) >= 11 is 0. The topological polar surface area (TPSA) is 63.2 Å². The van der Waals surface area contributed by atoms with Crippen LogP contribution in [-0.2, 0) is 20.0 Å². The van der Waals surface area contributed by atoms with Gasteiger partial charge in [-0.15, -0.1) is 0 Å². The molecule has 1 amide bonds. The first-order valence-electron chi connectivity index (χ1n) is 7.56. The smallest absolute Gasteiger partial charge is 0.245 e. The van der Waals surface area contributed by atoms with Gasteiger partial charge in [0.15, 0.2) is 9.84 Å². The molecule has 0 radical (unpaired) electrons. The van der Waals surface area contributed by atoms with Crippen molar-refractivity contribution in [3.8, 4) is 0 Å². The second-order valence-corrected chi connectivity index (χ2v) is 9.77. The third-order valence-corrected chi connectivity index (χ3v) is 6.49. The summed E-state index contributed by atoms with van der Waals surface area (Å²) in [4.78, 5) is 12.3. The number of anilines is 1. The van der Waals surface area contributed by atoms with Crippen LogP contribution in [0.15, 0.2) is 24.3 Å². The van der Waals surface area contributed by atoms with Crippen LogP contribution < -0.4 is 5.32 Å². The molecule has 5 heteroatoms. The lowest BCUT2D eigenvalue weighted by molar-refractivity contribution is -0.117. The average Bonchev–Trinajstić information content (AvgIpc) is 2.37. The van der Waals surface area contributed by atoms with Crippen LogP contribution >= 0.6 is 0 Å². The van der Waals surface area contributed by atoms with Crippen LogP contribution in [0, 0.1) is 0 Å². The van der Waals surface area contributed by atoms with Crippen molar-refractivity contribution in [3.63, 3.8) is 0 Å². The Morgan fingerprint density at radius 2 is 1.55 bits per heavy atom. The lowest BCUT2D eigenvalue weighted by atomic mass is 9.87. The van der Waals surface area contributed by atoms with Crippen molar-refractivity contribution >= 4 is 21.4 Å². The molecule has 0 aromatic heterocycles. The van der Waals surface area contributed by atoms with E-state index in [9.17, 15) is 13.2 Å². The molecule has 0 aliphatic heterocycles. The summed E-state index contributed by atoms with van der Waals surface area (Å²) in [5.74, 6) is -0.486. The summed E-state index contributed by atoms with van der Waals surface area (Å²) in [7, 11) is -3.47. The monoisotopic (exact) mass is 325 g/mol. The fraction of sp³-hybridized carbons (Fsp3) is 0.588. The van der Waals surface area contributed by atoms with Crippen LogP contribution in [0.5, 0.6) is 0 Å². The van der Waals surface area contributed by atoms with Crippen LogP contribution in [0.2, 0.25) is 0 Å². The van der Waals surface area contributed by atoms with E-state index in [0.29, 0.717) is 12.1 Å². The number of hydrogen-bond acceptors (Lipinski definition) is 3. The molecule has 0 heterocycles. The molecule has 1 aromatic rings. The molecule has 0 aliphatic carbocycles. The van der Waals surface area contributed by atoms with Crippen molar-refractivity contribution < 1.29 is 13.2 Å². The maximum Gasteiger partial charge on any atom is 0.245 e. The third kappa shape index (κ3) is 4.09. The molecule has 0 saturated carbocycles. The first-order valence-corrected chi connectivity index (χ1v) is 9.21. The van der Waals surface area contributed by atoms with Crippen molar-refractivity contribution in [2.75, 3.05) is 11.1 Å². The highest BCUT2D eigenvalue weighted by Crippen LogP contribution is 2.25. The highest BCUT2D eigenvalue weighted by molar-refractivity contribution is 7.93. The van der Waals surface area contributed by atoms with Crippen LogP contribution in [0.1, 0.15) is 53.5 Å². The number of hydrogen-bond donors (Lipinski definition) is 1. The summed E-state index contributed by atoms with van der Waals surface area (Å²) in [6, 6.07) is 7.51. The summed E-state index contributed by atoms with van der Waals surface area (Å²) in [5, 5.41) is 2.71. The minimum absolute atomic E-state index is 0.0103. The van der Waals surface area contributed by atoms with Gasteiger partial charge in [-0.05, 0) is 43.4 Å². The first kappa shape index (κ1) is 18.7. The van der Waals surface area contributed by atoms with Crippen LogP contribution in [-0.4, -0.2) is 24.8 Å². The molecule has 1 rings (SSSR count). The van der Waals surface area contributed by atoms with E-state index >= 15 is 0 Å². The number of rotatable bonds is 5. The second-order valence-electron chi connectivity index (χ2n) is 7.11. The highest BCUT2D eigenvalue weighted by Gasteiger charge is 2.40. The van der Waals surface area contributed by atoms with Gasteiger partial charge in [0.1, 0.15) is 4.75 Å². The zero-order valence-corrected chi connectivity index (χ0v) is 15.2. The van der Waals surface area contributed by atoms with Gasteiger partial charge in [-0.25, -0.2) is 8.42 Å². The molecule has 0 fully saturated rings. The molecule has 124 valence electrons. The Bertz CT molecular complexity index is 623. The zero-order chi connectivity index (χ0) is 17.2. The second kappa shape index (κ2) is 6.41. The quantitative estimate of drug-likeness (QED) is 0.901. The van der Waals surface area contributed by atoms with E-state index in [0.717, 1.165) is 5.56 Å².